The number of para-hydroxylation sites is 1. The molecule has 0 bridgehead atoms. The number of hydrogen-bond donors (Lipinski definition) is 6. The Kier molecular flexibility index (Phi) is 11.1. The second kappa shape index (κ2) is 17.7. The summed E-state index contributed by atoms with van der Waals surface area (Å²) in [6.45, 7) is 0.424. The van der Waals surface area contributed by atoms with E-state index in [-0.39, 0.29) is 6.04 Å². The standard InChI is InChI=1S/C57H48N6/c58-53(44-30-28-38-14-4-6-16-40(38)32-44)36-54(45-31-29-39-15-5-7-17-41(39)33-45)60-37-61-57(59)46-20-12-18-42(34-46)43-19-13-23-48(35-43)63-56-52-27-11-9-25-50(52)49-24-8-10-26-51(49)55(56)62-47-21-2-1-3-22-47/h1-36,53,57,60-63H,37,58-59H2/b54-36-. The van der Waals surface area contributed by atoms with Crippen LogP contribution in [0.3, 0.4) is 0 Å². The Morgan fingerprint density at radius 2 is 0.968 bits per heavy atom. The lowest BCUT2D eigenvalue weighted by atomic mass is 9.97. The van der Waals surface area contributed by atoms with E-state index in [1.165, 1.54) is 26.9 Å². The maximum absolute atomic E-state index is 6.90. The van der Waals surface area contributed by atoms with E-state index in [9.17, 15) is 0 Å². The molecule has 0 spiro atoms. The third-order valence-corrected chi connectivity index (χ3v) is 11.9. The lowest BCUT2D eigenvalue weighted by molar-refractivity contribution is 0.539. The van der Waals surface area contributed by atoms with Gasteiger partial charge in [-0.25, -0.2) is 0 Å². The first-order chi connectivity index (χ1) is 31.0. The van der Waals surface area contributed by atoms with E-state index in [0.717, 1.165) is 72.4 Å². The molecule has 6 nitrogen and oxygen atoms in total. The molecule has 306 valence electrons. The molecule has 0 fully saturated rings. The summed E-state index contributed by atoms with van der Waals surface area (Å²) in [4.78, 5) is 0. The van der Waals surface area contributed by atoms with Crippen LogP contribution in [0.2, 0.25) is 0 Å². The summed E-state index contributed by atoms with van der Waals surface area (Å²) in [5, 5.41) is 24.2. The highest BCUT2D eigenvalue weighted by molar-refractivity contribution is 6.21. The van der Waals surface area contributed by atoms with E-state index in [0.29, 0.717) is 6.67 Å². The Labute approximate surface area is 367 Å². The molecule has 10 aromatic rings. The zero-order valence-electron chi connectivity index (χ0n) is 34.8. The molecule has 0 aliphatic rings. The topological polar surface area (TPSA) is 100 Å². The van der Waals surface area contributed by atoms with Crippen molar-refractivity contribution in [1.82, 2.24) is 10.6 Å². The molecule has 0 radical (unpaired) electrons. The smallest absolute Gasteiger partial charge is 0.0823 e. The van der Waals surface area contributed by atoms with Gasteiger partial charge in [-0.05, 0) is 109 Å². The van der Waals surface area contributed by atoms with Gasteiger partial charge in [0.2, 0.25) is 0 Å². The van der Waals surface area contributed by atoms with Gasteiger partial charge in [0, 0.05) is 27.8 Å². The van der Waals surface area contributed by atoms with Crippen molar-refractivity contribution in [3.05, 3.63) is 235 Å². The first-order valence-electron chi connectivity index (χ1n) is 21.5. The fraction of sp³-hybridized carbons (Fsp3) is 0.0526. The van der Waals surface area contributed by atoms with Gasteiger partial charge in [-0.15, -0.1) is 0 Å². The maximum Gasteiger partial charge on any atom is 0.0823 e. The Hall–Kier alpha value is -7.74. The molecule has 0 aromatic heterocycles. The van der Waals surface area contributed by atoms with Gasteiger partial charge in [0.15, 0.2) is 0 Å². The van der Waals surface area contributed by atoms with Crippen LogP contribution in [0.1, 0.15) is 28.9 Å². The molecule has 10 rings (SSSR count). The summed E-state index contributed by atoms with van der Waals surface area (Å²) in [7, 11) is 0. The summed E-state index contributed by atoms with van der Waals surface area (Å²) in [5.41, 5.74) is 24.0. The molecule has 0 amide bonds. The minimum absolute atomic E-state index is 0.328. The number of anilines is 4. The summed E-state index contributed by atoms with van der Waals surface area (Å²) in [6.07, 6.45) is 1.67. The van der Waals surface area contributed by atoms with Gasteiger partial charge in [0.05, 0.1) is 30.3 Å². The van der Waals surface area contributed by atoms with E-state index in [4.69, 9.17) is 11.5 Å². The number of hydrogen-bond acceptors (Lipinski definition) is 6. The Bertz CT molecular complexity index is 3270. The molecule has 6 heteroatoms. The number of fused-ring (bicyclic) bond motifs is 5. The van der Waals surface area contributed by atoms with Crippen LogP contribution in [0.15, 0.2) is 218 Å². The largest absolute Gasteiger partial charge is 0.372 e. The first kappa shape index (κ1) is 39.4. The van der Waals surface area contributed by atoms with Gasteiger partial charge < -0.3 is 27.4 Å². The Balaban J connectivity index is 0.900. The SMILES string of the molecule is NC(/C=C(\NCNC(N)c1cccc(-c2cccc(Nc3c(Nc4ccccc4)c4ccccc4c4ccccc34)c2)c1)c1ccc2ccccc2c1)c1ccc2ccccc2c1. The zero-order valence-corrected chi connectivity index (χ0v) is 34.8. The van der Waals surface area contributed by atoms with E-state index in [1.54, 1.807) is 0 Å². The van der Waals surface area contributed by atoms with Gasteiger partial charge in [-0.3, -0.25) is 5.32 Å². The normalized spacial score (nSPS) is 12.7. The van der Waals surface area contributed by atoms with Crippen LogP contribution < -0.4 is 32.7 Å². The predicted octanol–water partition coefficient (Wildman–Crippen LogP) is 13.3. The van der Waals surface area contributed by atoms with Gasteiger partial charge >= 0.3 is 0 Å². The van der Waals surface area contributed by atoms with Crippen molar-refractivity contribution < 1.29 is 0 Å². The molecule has 0 heterocycles. The average molecular weight is 817 g/mol. The quantitative estimate of drug-likeness (QED) is 0.0394. The summed E-state index contributed by atoms with van der Waals surface area (Å²) >= 11 is 0. The summed E-state index contributed by atoms with van der Waals surface area (Å²) in [6, 6.07) is 73.9. The predicted molar refractivity (Wildman–Crippen MR) is 267 cm³/mol. The van der Waals surface area contributed by atoms with E-state index in [2.05, 4.69) is 234 Å². The minimum Gasteiger partial charge on any atom is -0.372 e. The van der Waals surface area contributed by atoms with Crippen molar-refractivity contribution in [1.29, 1.82) is 0 Å². The molecule has 8 N–H and O–H groups in total. The van der Waals surface area contributed by atoms with Crippen LogP contribution in [0.5, 0.6) is 0 Å². The number of nitrogens with one attached hydrogen (secondary N) is 4. The molecule has 0 aliphatic carbocycles. The first-order valence-corrected chi connectivity index (χ1v) is 21.5. The second-order valence-electron chi connectivity index (χ2n) is 16.0. The third-order valence-electron chi connectivity index (χ3n) is 11.9. The van der Waals surface area contributed by atoms with Gasteiger partial charge in [0.1, 0.15) is 0 Å². The molecule has 2 unspecified atom stereocenters. The van der Waals surface area contributed by atoms with E-state index >= 15 is 0 Å². The van der Waals surface area contributed by atoms with Crippen molar-refractivity contribution in [3.8, 4) is 11.1 Å². The van der Waals surface area contributed by atoms with Crippen LogP contribution >= 0.6 is 0 Å². The molecular formula is C57H48N6. The Morgan fingerprint density at radius 3 is 1.67 bits per heavy atom. The zero-order chi connectivity index (χ0) is 42.5. The minimum atomic E-state index is -0.429. The van der Waals surface area contributed by atoms with Crippen molar-refractivity contribution in [2.24, 2.45) is 11.5 Å². The third kappa shape index (κ3) is 8.47. The average Bonchev–Trinajstić information content (AvgIpc) is 3.34. The van der Waals surface area contributed by atoms with Gasteiger partial charge in [-0.2, -0.15) is 0 Å². The molecule has 63 heavy (non-hydrogen) atoms. The van der Waals surface area contributed by atoms with Gasteiger partial charge in [-0.1, -0.05) is 170 Å². The van der Waals surface area contributed by atoms with Crippen LogP contribution in [-0.2, 0) is 0 Å². The van der Waals surface area contributed by atoms with Crippen LogP contribution in [0, 0.1) is 0 Å². The second-order valence-corrected chi connectivity index (χ2v) is 16.0. The highest BCUT2D eigenvalue weighted by atomic mass is 15.1. The number of rotatable bonds is 13. The van der Waals surface area contributed by atoms with Crippen LogP contribution in [0.25, 0.3) is 59.9 Å². The fourth-order valence-corrected chi connectivity index (χ4v) is 8.58. The molecular weight excluding hydrogens is 769 g/mol. The van der Waals surface area contributed by atoms with E-state index in [1.807, 2.05) is 6.07 Å². The lowest BCUT2D eigenvalue weighted by Crippen LogP contribution is -2.36. The monoisotopic (exact) mass is 816 g/mol. The van der Waals surface area contributed by atoms with Crippen LogP contribution in [0.4, 0.5) is 22.7 Å². The van der Waals surface area contributed by atoms with E-state index < -0.39 is 6.17 Å². The summed E-state index contributed by atoms with van der Waals surface area (Å²) < 4.78 is 0. The fourth-order valence-electron chi connectivity index (χ4n) is 8.58. The molecule has 0 saturated heterocycles. The number of benzene rings is 10. The summed E-state index contributed by atoms with van der Waals surface area (Å²) in [5.74, 6) is 0. The molecule has 0 saturated carbocycles. The molecule has 2 atom stereocenters. The highest BCUT2D eigenvalue weighted by Gasteiger charge is 2.16. The molecule has 0 aliphatic heterocycles. The number of nitrogens with two attached hydrogens (primary N) is 2. The van der Waals surface area contributed by atoms with Crippen molar-refractivity contribution in [2.45, 2.75) is 12.2 Å². The van der Waals surface area contributed by atoms with Crippen LogP contribution in [-0.4, -0.2) is 6.67 Å². The van der Waals surface area contributed by atoms with Crippen molar-refractivity contribution >= 4 is 71.5 Å². The maximum atomic E-state index is 6.90. The molecule has 10 aromatic carbocycles. The highest BCUT2D eigenvalue weighted by Crippen LogP contribution is 2.43. The van der Waals surface area contributed by atoms with Gasteiger partial charge in [0.25, 0.3) is 0 Å². The van der Waals surface area contributed by atoms with Crippen molar-refractivity contribution in [2.75, 3.05) is 17.3 Å². The lowest BCUT2D eigenvalue weighted by Gasteiger charge is -2.21. The Morgan fingerprint density at radius 1 is 0.429 bits per heavy atom. The van der Waals surface area contributed by atoms with Crippen molar-refractivity contribution in [3.63, 3.8) is 0 Å².